The van der Waals surface area contributed by atoms with Gasteiger partial charge < -0.3 is 9.32 Å². The molecule has 9 rings (SSSR count). The average molecular weight is 614 g/mol. The second-order valence-electron chi connectivity index (χ2n) is 12.2. The maximum Gasteiger partial charge on any atom is 0.143 e. The molecule has 8 aromatic carbocycles. The molecule has 0 aliphatic rings. The fraction of sp³-hybridized carbons (Fsp3) is 0. The van der Waals surface area contributed by atoms with E-state index >= 15 is 0 Å². The Morgan fingerprint density at radius 3 is 1.50 bits per heavy atom. The van der Waals surface area contributed by atoms with Crippen molar-refractivity contribution < 1.29 is 4.42 Å². The summed E-state index contributed by atoms with van der Waals surface area (Å²) in [5.41, 5.74) is 12.0. The quantitative estimate of drug-likeness (QED) is 0.185. The van der Waals surface area contributed by atoms with Crippen molar-refractivity contribution in [3.63, 3.8) is 0 Å². The minimum atomic E-state index is 0.864. The molecule has 0 aliphatic heterocycles. The van der Waals surface area contributed by atoms with Crippen LogP contribution in [0.3, 0.4) is 0 Å². The van der Waals surface area contributed by atoms with E-state index in [9.17, 15) is 0 Å². The molecule has 226 valence electrons. The first-order chi connectivity index (χ1) is 23.8. The van der Waals surface area contributed by atoms with E-state index in [1.54, 1.807) is 0 Å². The van der Waals surface area contributed by atoms with Crippen LogP contribution < -0.4 is 4.90 Å². The predicted molar refractivity (Wildman–Crippen MR) is 202 cm³/mol. The fourth-order valence-corrected chi connectivity index (χ4v) is 6.88. The van der Waals surface area contributed by atoms with E-state index in [-0.39, 0.29) is 0 Å². The Labute approximate surface area is 279 Å². The third kappa shape index (κ3) is 4.92. The van der Waals surface area contributed by atoms with Crippen molar-refractivity contribution in [3.05, 3.63) is 188 Å². The molecule has 48 heavy (non-hydrogen) atoms. The molecule has 0 atom stereocenters. The first-order valence-electron chi connectivity index (χ1n) is 16.3. The summed E-state index contributed by atoms with van der Waals surface area (Å²) in [6.07, 6.45) is 0. The molecule has 0 aliphatic carbocycles. The number of nitrogens with zero attached hydrogens (tertiary/aromatic N) is 1. The smallest absolute Gasteiger partial charge is 0.143 e. The van der Waals surface area contributed by atoms with Gasteiger partial charge in [-0.1, -0.05) is 146 Å². The molecule has 0 radical (unpaired) electrons. The van der Waals surface area contributed by atoms with Gasteiger partial charge in [-0.3, -0.25) is 0 Å². The molecule has 2 heteroatoms. The van der Waals surface area contributed by atoms with E-state index in [0.717, 1.165) is 55.5 Å². The van der Waals surface area contributed by atoms with Crippen molar-refractivity contribution in [2.75, 3.05) is 4.90 Å². The topological polar surface area (TPSA) is 16.4 Å². The number of furan rings is 1. The van der Waals surface area contributed by atoms with Gasteiger partial charge in [0.05, 0.1) is 11.1 Å². The Kier molecular flexibility index (Phi) is 6.84. The molecule has 0 N–H and O–H groups in total. The van der Waals surface area contributed by atoms with Crippen LogP contribution in [0.25, 0.3) is 66.1 Å². The fourth-order valence-electron chi connectivity index (χ4n) is 6.88. The molecule has 0 amide bonds. The molecule has 9 aromatic rings. The monoisotopic (exact) mass is 613 g/mol. The van der Waals surface area contributed by atoms with E-state index in [1.165, 1.54) is 27.6 Å². The van der Waals surface area contributed by atoms with Gasteiger partial charge in [0.2, 0.25) is 0 Å². The Balaban J connectivity index is 1.28. The Bertz CT molecular complexity index is 2520. The highest BCUT2D eigenvalue weighted by atomic mass is 16.3. The summed E-state index contributed by atoms with van der Waals surface area (Å²) in [4.78, 5) is 2.36. The maximum absolute atomic E-state index is 6.83. The van der Waals surface area contributed by atoms with Crippen LogP contribution in [-0.4, -0.2) is 0 Å². The van der Waals surface area contributed by atoms with Crippen molar-refractivity contribution in [2.45, 2.75) is 0 Å². The Morgan fingerprint density at radius 2 is 0.854 bits per heavy atom. The number of para-hydroxylation sites is 1. The Morgan fingerprint density at radius 1 is 0.354 bits per heavy atom. The summed E-state index contributed by atoms with van der Waals surface area (Å²) >= 11 is 0. The van der Waals surface area contributed by atoms with Gasteiger partial charge in [0, 0.05) is 22.1 Å². The summed E-state index contributed by atoms with van der Waals surface area (Å²) in [5, 5.41) is 4.48. The van der Waals surface area contributed by atoms with Crippen molar-refractivity contribution in [1.82, 2.24) is 0 Å². The second-order valence-corrected chi connectivity index (χ2v) is 12.2. The first kappa shape index (κ1) is 27.9. The van der Waals surface area contributed by atoms with Gasteiger partial charge in [-0.05, 0) is 81.2 Å². The van der Waals surface area contributed by atoms with Crippen LogP contribution in [0.1, 0.15) is 0 Å². The van der Waals surface area contributed by atoms with Crippen LogP contribution in [-0.2, 0) is 0 Å². The number of hydrogen-bond donors (Lipinski definition) is 0. The molecule has 1 heterocycles. The van der Waals surface area contributed by atoms with Crippen molar-refractivity contribution in [2.24, 2.45) is 0 Å². The highest BCUT2D eigenvalue weighted by molar-refractivity contribution is 6.20. The van der Waals surface area contributed by atoms with Crippen LogP contribution in [0, 0.1) is 0 Å². The van der Waals surface area contributed by atoms with Crippen molar-refractivity contribution in [1.29, 1.82) is 0 Å². The summed E-state index contributed by atoms with van der Waals surface area (Å²) in [5.74, 6) is 0. The minimum Gasteiger partial charge on any atom is -0.455 e. The number of rotatable bonds is 6. The largest absolute Gasteiger partial charge is 0.455 e. The lowest BCUT2D eigenvalue weighted by atomic mass is 9.97. The minimum absolute atomic E-state index is 0.864. The van der Waals surface area contributed by atoms with Crippen LogP contribution in [0.5, 0.6) is 0 Å². The van der Waals surface area contributed by atoms with Gasteiger partial charge in [-0.2, -0.15) is 0 Å². The zero-order valence-electron chi connectivity index (χ0n) is 26.3. The molecule has 0 spiro atoms. The van der Waals surface area contributed by atoms with Crippen LogP contribution >= 0.6 is 0 Å². The van der Waals surface area contributed by atoms with E-state index in [1.807, 2.05) is 0 Å². The molecule has 0 saturated carbocycles. The van der Waals surface area contributed by atoms with Gasteiger partial charge in [0.1, 0.15) is 11.2 Å². The van der Waals surface area contributed by atoms with E-state index in [0.29, 0.717) is 0 Å². The van der Waals surface area contributed by atoms with E-state index < -0.39 is 0 Å². The highest BCUT2D eigenvalue weighted by Crippen LogP contribution is 2.46. The lowest BCUT2D eigenvalue weighted by molar-refractivity contribution is 0.673. The molecule has 0 saturated heterocycles. The molecular formula is C46H31NO. The standard InChI is InChI=1S/C46H31NO/c1-4-12-32(13-5-1)34-20-22-36(23-21-34)38-30-43(45-42-29-26-37-16-10-11-19-41(37)46(42)48-44(45)31-38)47(39-17-8-3-9-18-39)40-27-24-35(25-28-40)33-14-6-2-7-15-33/h1-31H. The van der Waals surface area contributed by atoms with Gasteiger partial charge in [0.25, 0.3) is 0 Å². The summed E-state index contributed by atoms with van der Waals surface area (Å²) in [6, 6.07) is 66.8. The predicted octanol–water partition coefficient (Wildman–Crippen LogP) is 13.2. The molecule has 0 unspecified atom stereocenters. The van der Waals surface area contributed by atoms with Crippen molar-refractivity contribution in [3.8, 4) is 33.4 Å². The van der Waals surface area contributed by atoms with Crippen LogP contribution in [0.15, 0.2) is 192 Å². The van der Waals surface area contributed by atoms with Crippen molar-refractivity contribution >= 4 is 49.8 Å². The molecule has 0 bridgehead atoms. The third-order valence-electron chi connectivity index (χ3n) is 9.26. The number of benzene rings is 8. The normalized spacial score (nSPS) is 11.3. The lowest BCUT2D eigenvalue weighted by Gasteiger charge is -2.27. The van der Waals surface area contributed by atoms with Gasteiger partial charge in [-0.15, -0.1) is 0 Å². The van der Waals surface area contributed by atoms with E-state index in [2.05, 4.69) is 193 Å². The summed E-state index contributed by atoms with van der Waals surface area (Å²) in [7, 11) is 0. The molecular weight excluding hydrogens is 583 g/mol. The maximum atomic E-state index is 6.83. The van der Waals surface area contributed by atoms with Crippen LogP contribution in [0.4, 0.5) is 17.1 Å². The summed E-state index contributed by atoms with van der Waals surface area (Å²) < 4.78 is 6.83. The number of fused-ring (bicyclic) bond motifs is 5. The number of anilines is 3. The lowest BCUT2D eigenvalue weighted by Crippen LogP contribution is -2.10. The van der Waals surface area contributed by atoms with Crippen LogP contribution in [0.2, 0.25) is 0 Å². The van der Waals surface area contributed by atoms with Gasteiger partial charge in [-0.25, -0.2) is 0 Å². The second kappa shape index (κ2) is 11.8. The summed E-state index contributed by atoms with van der Waals surface area (Å²) in [6.45, 7) is 0. The first-order valence-corrected chi connectivity index (χ1v) is 16.3. The molecule has 2 nitrogen and oxygen atoms in total. The van der Waals surface area contributed by atoms with Gasteiger partial charge >= 0.3 is 0 Å². The molecule has 1 aromatic heterocycles. The SMILES string of the molecule is c1ccc(-c2ccc(-c3cc(N(c4ccccc4)c4ccc(-c5ccccc5)cc4)c4c(c3)oc3c5ccccc5ccc34)cc2)cc1. The van der Waals surface area contributed by atoms with E-state index in [4.69, 9.17) is 4.42 Å². The zero-order chi connectivity index (χ0) is 31.9. The third-order valence-corrected chi connectivity index (χ3v) is 9.26. The Hall–Kier alpha value is -6.38. The molecule has 0 fully saturated rings. The van der Waals surface area contributed by atoms with Gasteiger partial charge in [0.15, 0.2) is 0 Å². The highest BCUT2D eigenvalue weighted by Gasteiger charge is 2.22. The number of hydrogen-bond acceptors (Lipinski definition) is 2. The zero-order valence-corrected chi connectivity index (χ0v) is 26.3. The average Bonchev–Trinajstić information content (AvgIpc) is 3.56.